The van der Waals surface area contributed by atoms with E-state index in [1.807, 2.05) is 0 Å². The van der Waals surface area contributed by atoms with Crippen LogP contribution in [0.1, 0.15) is 16.7 Å². The van der Waals surface area contributed by atoms with Crippen LogP contribution in [0.3, 0.4) is 0 Å². The van der Waals surface area contributed by atoms with Gasteiger partial charge in [0.1, 0.15) is 6.10 Å². The molecule has 0 amide bonds. The summed E-state index contributed by atoms with van der Waals surface area (Å²) in [6.45, 7) is 4.83. The van der Waals surface area contributed by atoms with Crippen molar-refractivity contribution in [2.75, 3.05) is 18.1 Å². The van der Waals surface area contributed by atoms with E-state index in [0.717, 1.165) is 17.1 Å². The highest BCUT2D eigenvalue weighted by atomic mass is 32.2. The van der Waals surface area contributed by atoms with Gasteiger partial charge in [-0.25, -0.2) is 0 Å². The van der Waals surface area contributed by atoms with Crippen molar-refractivity contribution in [3.8, 4) is 0 Å². The van der Waals surface area contributed by atoms with Gasteiger partial charge in [0.2, 0.25) is 0 Å². The summed E-state index contributed by atoms with van der Waals surface area (Å²) in [6.07, 6.45) is 0.294. The predicted octanol–water partition coefficient (Wildman–Crippen LogP) is 2.55. The Bertz CT molecular complexity index is 388. The van der Waals surface area contributed by atoms with Crippen LogP contribution >= 0.6 is 11.8 Å². The summed E-state index contributed by atoms with van der Waals surface area (Å²) in [4.78, 5) is 12.1. The minimum atomic E-state index is -0.199. The number of thioether (sulfide) groups is 1. The van der Waals surface area contributed by atoms with E-state index in [1.165, 1.54) is 11.1 Å². The van der Waals surface area contributed by atoms with Crippen LogP contribution in [0.25, 0.3) is 0 Å². The maximum atomic E-state index is 12.1. The Hall–Kier alpha value is -0.800. The highest BCUT2D eigenvalue weighted by Crippen LogP contribution is 2.16. The van der Waals surface area contributed by atoms with Crippen LogP contribution in [-0.2, 0) is 16.0 Å². The zero-order chi connectivity index (χ0) is 12.3. The fourth-order valence-electron chi connectivity index (χ4n) is 2.16. The molecule has 1 aromatic carbocycles. The number of carbonyl (C=O) groups excluding carboxylic acids is 1. The van der Waals surface area contributed by atoms with Gasteiger partial charge in [0.15, 0.2) is 5.78 Å². The van der Waals surface area contributed by atoms with Crippen molar-refractivity contribution in [1.29, 1.82) is 0 Å². The molecule has 92 valence electrons. The topological polar surface area (TPSA) is 26.3 Å². The molecule has 2 rings (SSSR count). The van der Waals surface area contributed by atoms with E-state index >= 15 is 0 Å². The molecule has 0 radical (unpaired) electrons. The molecule has 1 heterocycles. The Morgan fingerprint density at radius 1 is 1.35 bits per heavy atom. The van der Waals surface area contributed by atoms with Gasteiger partial charge in [-0.1, -0.05) is 29.3 Å². The first-order valence-electron chi connectivity index (χ1n) is 5.94. The number of rotatable bonds is 3. The average molecular weight is 250 g/mol. The van der Waals surface area contributed by atoms with Crippen molar-refractivity contribution in [3.63, 3.8) is 0 Å². The second kappa shape index (κ2) is 5.69. The summed E-state index contributed by atoms with van der Waals surface area (Å²) in [5.74, 6) is 2.03. The van der Waals surface area contributed by atoms with E-state index in [1.54, 1.807) is 11.8 Å². The standard InChI is InChI=1S/C14H18O2S/c1-10-5-11(2)7-12(6-10)8-13(15)14-9-17-4-3-16-14/h5-7,14H,3-4,8-9H2,1-2H3. The first kappa shape index (κ1) is 12.7. The predicted molar refractivity (Wildman–Crippen MR) is 71.7 cm³/mol. The molecule has 0 saturated carbocycles. The fraction of sp³-hybridized carbons (Fsp3) is 0.500. The molecule has 1 unspecified atom stereocenters. The van der Waals surface area contributed by atoms with Gasteiger partial charge < -0.3 is 4.74 Å². The minimum absolute atomic E-state index is 0.199. The number of aryl methyl sites for hydroxylation is 2. The second-order valence-electron chi connectivity index (χ2n) is 4.57. The van der Waals surface area contributed by atoms with Crippen molar-refractivity contribution in [2.24, 2.45) is 0 Å². The van der Waals surface area contributed by atoms with E-state index in [9.17, 15) is 4.79 Å². The summed E-state index contributed by atoms with van der Waals surface area (Å²) in [6, 6.07) is 6.29. The number of ketones is 1. The molecule has 1 fully saturated rings. The van der Waals surface area contributed by atoms with E-state index in [2.05, 4.69) is 32.0 Å². The van der Waals surface area contributed by atoms with Gasteiger partial charge in [-0.05, 0) is 19.4 Å². The van der Waals surface area contributed by atoms with Crippen LogP contribution in [0, 0.1) is 13.8 Å². The number of hydrogen-bond donors (Lipinski definition) is 0. The lowest BCUT2D eigenvalue weighted by Crippen LogP contribution is -2.32. The van der Waals surface area contributed by atoms with Gasteiger partial charge in [0.25, 0.3) is 0 Å². The maximum Gasteiger partial charge on any atom is 0.166 e. The fourth-order valence-corrected chi connectivity index (χ4v) is 3.04. The van der Waals surface area contributed by atoms with Crippen molar-refractivity contribution in [1.82, 2.24) is 0 Å². The van der Waals surface area contributed by atoms with Crippen molar-refractivity contribution >= 4 is 17.5 Å². The zero-order valence-electron chi connectivity index (χ0n) is 10.4. The number of Topliss-reactive ketones (excluding diaryl/α,β-unsaturated/α-hetero) is 1. The molecule has 0 spiro atoms. The van der Waals surface area contributed by atoms with Crippen LogP contribution in [0.4, 0.5) is 0 Å². The molecule has 17 heavy (non-hydrogen) atoms. The number of benzene rings is 1. The molecule has 1 saturated heterocycles. The van der Waals surface area contributed by atoms with Gasteiger partial charge in [-0.3, -0.25) is 4.79 Å². The highest BCUT2D eigenvalue weighted by molar-refractivity contribution is 7.99. The average Bonchev–Trinajstić information content (AvgIpc) is 2.28. The van der Waals surface area contributed by atoms with Crippen LogP contribution in [0.15, 0.2) is 18.2 Å². The third-order valence-corrected chi connectivity index (χ3v) is 3.83. The van der Waals surface area contributed by atoms with Crippen LogP contribution in [0.5, 0.6) is 0 Å². The lowest BCUT2D eigenvalue weighted by Gasteiger charge is -2.21. The Morgan fingerprint density at radius 3 is 2.65 bits per heavy atom. The van der Waals surface area contributed by atoms with Crippen molar-refractivity contribution in [3.05, 3.63) is 34.9 Å². The van der Waals surface area contributed by atoms with Gasteiger partial charge in [-0.15, -0.1) is 0 Å². The Labute approximate surface area is 107 Å². The van der Waals surface area contributed by atoms with Crippen LogP contribution in [-0.4, -0.2) is 30.0 Å². The molecule has 1 atom stereocenters. The number of hydrogen-bond acceptors (Lipinski definition) is 3. The monoisotopic (exact) mass is 250 g/mol. The summed E-state index contributed by atoms with van der Waals surface area (Å²) in [7, 11) is 0. The quantitative estimate of drug-likeness (QED) is 0.824. The highest BCUT2D eigenvalue weighted by Gasteiger charge is 2.22. The summed E-state index contributed by atoms with van der Waals surface area (Å²) in [5, 5.41) is 0. The Kier molecular flexibility index (Phi) is 4.24. The first-order chi connectivity index (χ1) is 8.15. The Balaban J connectivity index is 2.01. The minimum Gasteiger partial charge on any atom is -0.369 e. The van der Waals surface area contributed by atoms with Crippen molar-refractivity contribution < 1.29 is 9.53 Å². The molecule has 0 N–H and O–H groups in total. The van der Waals surface area contributed by atoms with E-state index in [0.29, 0.717) is 13.0 Å². The third-order valence-electron chi connectivity index (χ3n) is 2.83. The molecule has 0 bridgehead atoms. The van der Waals surface area contributed by atoms with Crippen molar-refractivity contribution in [2.45, 2.75) is 26.4 Å². The summed E-state index contributed by atoms with van der Waals surface area (Å²) < 4.78 is 5.50. The molecule has 0 aliphatic carbocycles. The molecule has 0 aromatic heterocycles. The van der Waals surface area contributed by atoms with Gasteiger partial charge in [0, 0.05) is 17.9 Å². The van der Waals surface area contributed by atoms with E-state index < -0.39 is 0 Å². The summed E-state index contributed by atoms with van der Waals surface area (Å²) in [5.41, 5.74) is 3.53. The molecule has 1 aromatic rings. The van der Waals surface area contributed by atoms with Gasteiger partial charge in [-0.2, -0.15) is 11.8 Å². The largest absolute Gasteiger partial charge is 0.369 e. The lowest BCUT2D eigenvalue weighted by molar-refractivity contribution is -0.128. The van der Waals surface area contributed by atoms with Crippen LogP contribution < -0.4 is 0 Å². The van der Waals surface area contributed by atoms with Gasteiger partial charge >= 0.3 is 0 Å². The zero-order valence-corrected chi connectivity index (χ0v) is 11.2. The first-order valence-corrected chi connectivity index (χ1v) is 7.10. The summed E-state index contributed by atoms with van der Waals surface area (Å²) >= 11 is 1.80. The normalized spacial score (nSPS) is 20.2. The molecule has 1 aliphatic heterocycles. The SMILES string of the molecule is Cc1cc(C)cc(CC(=O)C2CSCCO2)c1. The number of carbonyl (C=O) groups is 1. The maximum absolute atomic E-state index is 12.1. The molecule has 3 heteroatoms. The molecule has 1 aliphatic rings. The smallest absolute Gasteiger partial charge is 0.166 e. The lowest BCUT2D eigenvalue weighted by atomic mass is 10.0. The molecular formula is C14H18O2S. The molecular weight excluding hydrogens is 232 g/mol. The molecule has 2 nitrogen and oxygen atoms in total. The Morgan fingerprint density at radius 2 is 2.06 bits per heavy atom. The van der Waals surface area contributed by atoms with Crippen LogP contribution in [0.2, 0.25) is 0 Å². The second-order valence-corrected chi connectivity index (χ2v) is 5.72. The number of ether oxygens (including phenoxy) is 1. The third kappa shape index (κ3) is 3.58. The van der Waals surface area contributed by atoms with E-state index in [4.69, 9.17) is 4.74 Å². The van der Waals surface area contributed by atoms with Gasteiger partial charge in [0.05, 0.1) is 6.61 Å². The van der Waals surface area contributed by atoms with E-state index in [-0.39, 0.29) is 11.9 Å².